The Kier molecular flexibility index (Phi) is 3.69. The van der Waals surface area contributed by atoms with Gasteiger partial charge in [-0.1, -0.05) is 43.3 Å². The first kappa shape index (κ1) is 14.5. The Morgan fingerprint density at radius 3 is 2.87 bits per heavy atom. The standard InChI is InChI=1S/C19H20N2OS/c1-12-7-9-14-15(11-12)23-19-17(14)18(22)20-16(21-19)10-8-13-5-3-2-4-6-13/h2-6,8,10,12,16,21H,7,9,11H2,1H3,(H,20,22)/b10-8+. The normalized spacial score (nSPS) is 23.1. The number of anilines is 1. The van der Waals surface area contributed by atoms with Gasteiger partial charge >= 0.3 is 0 Å². The van der Waals surface area contributed by atoms with E-state index in [0.29, 0.717) is 0 Å². The minimum Gasteiger partial charge on any atom is -0.353 e. The average molecular weight is 324 g/mol. The highest BCUT2D eigenvalue weighted by Gasteiger charge is 2.31. The molecule has 3 nitrogen and oxygen atoms in total. The second-order valence-electron chi connectivity index (χ2n) is 6.42. The molecule has 0 spiro atoms. The lowest BCUT2D eigenvalue weighted by Gasteiger charge is -2.24. The Bertz CT molecular complexity index is 763. The predicted octanol–water partition coefficient (Wildman–Crippen LogP) is 4.07. The van der Waals surface area contributed by atoms with Crippen molar-refractivity contribution in [3.05, 3.63) is 58.0 Å². The molecular formula is C19H20N2OS. The van der Waals surface area contributed by atoms with Crippen molar-refractivity contribution in [3.63, 3.8) is 0 Å². The molecule has 2 atom stereocenters. The molecule has 0 saturated heterocycles. The van der Waals surface area contributed by atoms with E-state index in [0.717, 1.165) is 34.9 Å². The molecule has 4 heteroatoms. The SMILES string of the molecule is CC1CCc2c(sc3c2C(=O)NC(/C=C/c2ccccc2)N3)C1. The van der Waals surface area contributed by atoms with E-state index in [1.165, 1.54) is 16.9 Å². The molecule has 2 aliphatic rings. The van der Waals surface area contributed by atoms with Crippen LogP contribution in [0.2, 0.25) is 0 Å². The van der Waals surface area contributed by atoms with Gasteiger partial charge in [0.15, 0.2) is 0 Å². The Balaban J connectivity index is 1.58. The van der Waals surface area contributed by atoms with Crippen LogP contribution in [-0.2, 0) is 12.8 Å². The lowest BCUT2D eigenvalue weighted by atomic mass is 9.88. The third kappa shape index (κ3) is 2.79. The van der Waals surface area contributed by atoms with Crippen molar-refractivity contribution in [2.45, 2.75) is 32.4 Å². The van der Waals surface area contributed by atoms with Gasteiger partial charge < -0.3 is 10.6 Å². The summed E-state index contributed by atoms with van der Waals surface area (Å²) in [4.78, 5) is 13.9. The zero-order valence-electron chi connectivity index (χ0n) is 13.1. The van der Waals surface area contributed by atoms with Crippen LogP contribution >= 0.6 is 11.3 Å². The van der Waals surface area contributed by atoms with Crippen molar-refractivity contribution in [2.24, 2.45) is 5.92 Å². The van der Waals surface area contributed by atoms with Crippen molar-refractivity contribution in [1.29, 1.82) is 0 Å². The fourth-order valence-corrected chi connectivity index (χ4v) is 4.80. The fourth-order valence-electron chi connectivity index (χ4n) is 3.35. The van der Waals surface area contributed by atoms with Gasteiger partial charge in [-0.05, 0) is 42.4 Å². The Morgan fingerprint density at radius 1 is 1.22 bits per heavy atom. The summed E-state index contributed by atoms with van der Waals surface area (Å²) >= 11 is 1.76. The van der Waals surface area contributed by atoms with E-state index in [2.05, 4.69) is 29.7 Å². The molecule has 118 valence electrons. The van der Waals surface area contributed by atoms with Crippen LogP contribution in [0, 0.1) is 5.92 Å². The minimum absolute atomic E-state index is 0.0634. The van der Waals surface area contributed by atoms with Crippen LogP contribution in [0.15, 0.2) is 36.4 Å². The van der Waals surface area contributed by atoms with Gasteiger partial charge in [0.25, 0.3) is 5.91 Å². The summed E-state index contributed by atoms with van der Waals surface area (Å²) in [6.07, 6.45) is 7.22. The number of carbonyl (C=O) groups excluding carboxylic acids is 1. The van der Waals surface area contributed by atoms with Crippen molar-refractivity contribution in [2.75, 3.05) is 5.32 Å². The molecule has 0 saturated carbocycles. The quantitative estimate of drug-likeness (QED) is 0.874. The molecule has 2 N–H and O–H groups in total. The lowest BCUT2D eigenvalue weighted by Crippen LogP contribution is -2.43. The second-order valence-corrected chi connectivity index (χ2v) is 7.53. The first-order chi connectivity index (χ1) is 11.2. The van der Waals surface area contributed by atoms with E-state index >= 15 is 0 Å². The molecule has 1 aromatic heterocycles. The predicted molar refractivity (Wildman–Crippen MR) is 95.9 cm³/mol. The van der Waals surface area contributed by atoms with Gasteiger partial charge in [-0.3, -0.25) is 4.79 Å². The highest BCUT2D eigenvalue weighted by atomic mass is 32.1. The van der Waals surface area contributed by atoms with E-state index in [9.17, 15) is 4.79 Å². The number of fused-ring (bicyclic) bond motifs is 3. The molecule has 0 radical (unpaired) electrons. The lowest BCUT2D eigenvalue weighted by molar-refractivity contribution is 0.0942. The number of amides is 1. The van der Waals surface area contributed by atoms with E-state index in [4.69, 9.17) is 0 Å². The van der Waals surface area contributed by atoms with Crippen LogP contribution in [0.25, 0.3) is 6.08 Å². The van der Waals surface area contributed by atoms with Gasteiger partial charge in [-0.2, -0.15) is 0 Å². The number of thiophene rings is 1. The molecular weight excluding hydrogens is 304 g/mol. The molecule has 0 bridgehead atoms. The van der Waals surface area contributed by atoms with Crippen LogP contribution in [-0.4, -0.2) is 12.1 Å². The van der Waals surface area contributed by atoms with Crippen LogP contribution < -0.4 is 10.6 Å². The molecule has 1 aliphatic heterocycles. The second kappa shape index (κ2) is 5.85. The first-order valence-corrected chi connectivity index (χ1v) is 8.97. The van der Waals surface area contributed by atoms with Gasteiger partial charge in [-0.25, -0.2) is 0 Å². The first-order valence-electron chi connectivity index (χ1n) is 8.16. The zero-order chi connectivity index (χ0) is 15.8. The Hall–Kier alpha value is -2.07. The van der Waals surface area contributed by atoms with Crippen LogP contribution in [0.1, 0.15) is 39.7 Å². The minimum atomic E-state index is -0.146. The number of nitrogens with one attached hydrogen (secondary N) is 2. The maximum atomic E-state index is 12.5. The van der Waals surface area contributed by atoms with Crippen LogP contribution in [0.5, 0.6) is 0 Å². The number of carbonyl (C=O) groups is 1. The van der Waals surface area contributed by atoms with E-state index in [1.54, 1.807) is 11.3 Å². The van der Waals surface area contributed by atoms with Gasteiger partial charge in [-0.15, -0.1) is 11.3 Å². The molecule has 0 fully saturated rings. The summed E-state index contributed by atoms with van der Waals surface area (Å²) in [5.41, 5.74) is 3.30. The van der Waals surface area contributed by atoms with Gasteiger partial charge in [0.2, 0.25) is 0 Å². The number of hydrogen-bond acceptors (Lipinski definition) is 3. The summed E-state index contributed by atoms with van der Waals surface area (Å²) in [6.45, 7) is 2.29. The summed E-state index contributed by atoms with van der Waals surface area (Å²) < 4.78 is 0. The smallest absolute Gasteiger partial charge is 0.256 e. The van der Waals surface area contributed by atoms with Crippen molar-refractivity contribution in [3.8, 4) is 0 Å². The Labute approximate surface area is 140 Å². The van der Waals surface area contributed by atoms with Gasteiger partial charge in [0.05, 0.1) is 5.56 Å². The topological polar surface area (TPSA) is 41.1 Å². The molecule has 1 aromatic carbocycles. The molecule has 2 heterocycles. The zero-order valence-corrected chi connectivity index (χ0v) is 14.0. The maximum absolute atomic E-state index is 12.5. The maximum Gasteiger partial charge on any atom is 0.256 e. The number of hydrogen-bond donors (Lipinski definition) is 2. The van der Waals surface area contributed by atoms with Gasteiger partial charge in [0, 0.05) is 4.88 Å². The average Bonchev–Trinajstić information content (AvgIpc) is 2.91. The van der Waals surface area contributed by atoms with E-state index < -0.39 is 0 Å². The molecule has 4 rings (SSSR count). The molecule has 23 heavy (non-hydrogen) atoms. The Morgan fingerprint density at radius 2 is 2.04 bits per heavy atom. The molecule has 1 aliphatic carbocycles. The highest BCUT2D eigenvalue weighted by Crippen LogP contribution is 2.41. The third-order valence-electron chi connectivity index (χ3n) is 4.59. The van der Waals surface area contributed by atoms with Crippen LogP contribution in [0.4, 0.5) is 5.00 Å². The number of rotatable bonds is 2. The highest BCUT2D eigenvalue weighted by molar-refractivity contribution is 7.16. The monoisotopic (exact) mass is 324 g/mol. The van der Waals surface area contributed by atoms with Crippen LogP contribution in [0.3, 0.4) is 0 Å². The van der Waals surface area contributed by atoms with Crippen molar-refractivity contribution < 1.29 is 4.79 Å². The van der Waals surface area contributed by atoms with Gasteiger partial charge in [0.1, 0.15) is 11.2 Å². The molecule has 2 aromatic rings. The number of benzene rings is 1. The summed E-state index contributed by atoms with van der Waals surface area (Å²) in [5, 5.41) is 7.57. The van der Waals surface area contributed by atoms with E-state index in [1.807, 2.05) is 30.4 Å². The molecule has 1 amide bonds. The van der Waals surface area contributed by atoms with E-state index in [-0.39, 0.29) is 12.1 Å². The third-order valence-corrected chi connectivity index (χ3v) is 5.78. The van der Waals surface area contributed by atoms with Crippen molar-refractivity contribution >= 4 is 28.3 Å². The largest absolute Gasteiger partial charge is 0.353 e. The summed E-state index contributed by atoms with van der Waals surface area (Å²) in [6, 6.07) is 10.1. The van der Waals surface area contributed by atoms with Crippen molar-refractivity contribution in [1.82, 2.24) is 5.32 Å². The summed E-state index contributed by atoms with van der Waals surface area (Å²) in [5.74, 6) is 0.785. The molecule has 2 unspecified atom stereocenters. The fraction of sp³-hybridized carbons (Fsp3) is 0.316. The summed E-state index contributed by atoms with van der Waals surface area (Å²) in [7, 11) is 0.